The van der Waals surface area contributed by atoms with E-state index in [1.54, 1.807) is 19.4 Å². The molecule has 0 aliphatic carbocycles. The van der Waals surface area contributed by atoms with Gasteiger partial charge in [0, 0.05) is 19.4 Å². The van der Waals surface area contributed by atoms with Crippen LogP contribution in [0.15, 0.2) is 23.5 Å². The second-order valence-electron chi connectivity index (χ2n) is 2.39. The number of ether oxygens (including phenoxy) is 1. The topological polar surface area (TPSA) is 49.4 Å². The molecule has 0 saturated carbocycles. The van der Waals surface area contributed by atoms with E-state index >= 15 is 0 Å². The van der Waals surface area contributed by atoms with Crippen LogP contribution in [-0.2, 0) is 4.74 Å². The van der Waals surface area contributed by atoms with E-state index in [2.05, 4.69) is 26.2 Å². The van der Waals surface area contributed by atoms with E-state index in [1.165, 1.54) is 0 Å². The van der Waals surface area contributed by atoms with E-state index < -0.39 is 4.63 Å². The third-order valence-corrected chi connectivity index (χ3v) is 2.91. The number of rotatable bonds is 1. The molecule has 4 nitrogen and oxygen atoms in total. The molecule has 0 bridgehead atoms. The number of hydrogen-bond donors (Lipinski definition) is 1. The molecule has 1 unspecified atom stereocenters. The Balaban J connectivity index is 3.09. The van der Waals surface area contributed by atoms with Gasteiger partial charge in [0.1, 0.15) is 0 Å². The fraction of sp³-hybridized carbons (Fsp3) is 0.429. The lowest BCUT2D eigenvalue weighted by Gasteiger charge is -2.27. The summed E-state index contributed by atoms with van der Waals surface area (Å²) >= 11 is 3.33. The zero-order valence-corrected chi connectivity index (χ0v) is 8.42. The third-order valence-electron chi connectivity index (χ3n) is 1.77. The Hall–Kier alpha value is -0.860. The monoisotopic (exact) mass is 230 g/mol. The maximum Gasteiger partial charge on any atom is 0.391 e. The van der Waals surface area contributed by atoms with Crippen LogP contribution in [0.3, 0.4) is 0 Å². The van der Waals surface area contributed by atoms with Crippen LogP contribution in [0.5, 0.6) is 0 Å². The highest BCUT2D eigenvalue weighted by atomic mass is 79.9. The van der Waals surface area contributed by atoms with Crippen molar-refractivity contribution in [1.82, 2.24) is 5.32 Å². The standard InChI is InChI=1S/C7H9BrN3O/c1-5-6(11-9)3-4-10-7(5,8)12-2/h3-4,10H,1-2H3/q+1. The van der Waals surface area contributed by atoms with E-state index in [4.69, 9.17) is 10.1 Å². The lowest BCUT2D eigenvalue weighted by Crippen LogP contribution is -2.40. The SMILES string of the molecule is COC1(Br)NC=CC([N+]#N)=C1C. The molecule has 0 fully saturated rings. The van der Waals surface area contributed by atoms with Crippen LogP contribution in [-0.4, -0.2) is 11.7 Å². The third kappa shape index (κ3) is 1.36. The van der Waals surface area contributed by atoms with Crippen LogP contribution < -0.4 is 5.32 Å². The van der Waals surface area contributed by atoms with E-state index in [-0.39, 0.29) is 0 Å². The van der Waals surface area contributed by atoms with Gasteiger partial charge in [-0.25, -0.2) is 0 Å². The van der Waals surface area contributed by atoms with Gasteiger partial charge in [0.05, 0.1) is 5.57 Å². The summed E-state index contributed by atoms with van der Waals surface area (Å²) in [7, 11) is 1.55. The van der Waals surface area contributed by atoms with Crippen molar-refractivity contribution in [3.8, 4) is 0 Å². The van der Waals surface area contributed by atoms with Crippen LogP contribution >= 0.6 is 15.9 Å². The molecule has 0 aromatic carbocycles. The zero-order chi connectivity index (χ0) is 9.19. The van der Waals surface area contributed by atoms with Crippen molar-refractivity contribution >= 4 is 15.9 Å². The zero-order valence-electron chi connectivity index (χ0n) is 6.84. The average Bonchev–Trinajstić information content (AvgIpc) is 2.10. The fourth-order valence-corrected chi connectivity index (χ4v) is 1.28. The van der Waals surface area contributed by atoms with Gasteiger partial charge >= 0.3 is 5.70 Å². The molecule has 1 rings (SSSR count). The first-order valence-corrected chi connectivity index (χ1v) is 4.18. The molecule has 0 aromatic heterocycles. The number of halogens is 1. The Morgan fingerprint density at radius 2 is 2.42 bits per heavy atom. The second-order valence-corrected chi connectivity index (χ2v) is 3.50. The van der Waals surface area contributed by atoms with E-state index in [9.17, 15) is 0 Å². The summed E-state index contributed by atoms with van der Waals surface area (Å²) in [5.41, 5.74) is 1.27. The Kier molecular flexibility index (Phi) is 2.50. The van der Waals surface area contributed by atoms with Gasteiger partial charge in [0.25, 0.3) is 0 Å². The number of nitrogens with one attached hydrogen (secondary N) is 1. The van der Waals surface area contributed by atoms with E-state index in [0.717, 1.165) is 5.57 Å². The van der Waals surface area contributed by atoms with Crippen LogP contribution in [0.1, 0.15) is 6.92 Å². The van der Waals surface area contributed by atoms with Crippen molar-refractivity contribution in [2.75, 3.05) is 7.11 Å². The molecule has 5 heteroatoms. The first-order chi connectivity index (χ1) is 5.64. The van der Waals surface area contributed by atoms with Gasteiger partial charge in [0.2, 0.25) is 10.0 Å². The van der Waals surface area contributed by atoms with E-state index in [0.29, 0.717) is 5.70 Å². The Labute approximate surface area is 79.0 Å². The van der Waals surface area contributed by atoms with Gasteiger partial charge in [-0.05, 0) is 22.9 Å². The molecule has 64 valence electrons. The van der Waals surface area contributed by atoms with Crippen molar-refractivity contribution in [3.05, 3.63) is 28.5 Å². The maximum absolute atomic E-state index is 8.60. The highest BCUT2D eigenvalue weighted by Crippen LogP contribution is 2.31. The van der Waals surface area contributed by atoms with Gasteiger partial charge in [0.15, 0.2) is 4.98 Å². The highest BCUT2D eigenvalue weighted by Gasteiger charge is 2.36. The first-order valence-electron chi connectivity index (χ1n) is 3.39. The van der Waals surface area contributed by atoms with Crippen LogP contribution in [0.2, 0.25) is 0 Å². The lowest BCUT2D eigenvalue weighted by atomic mass is 10.1. The van der Waals surface area contributed by atoms with Gasteiger partial charge in [-0.15, -0.1) is 0 Å². The summed E-state index contributed by atoms with van der Waals surface area (Å²) in [6.45, 7) is 1.81. The number of hydrogen-bond acceptors (Lipinski definition) is 3. The smallest absolute Gasteiger partial charge is 0.351 e. The summed E-state index contributed by atoms with van der Waals surface area (Å²) in [5.74, 6) is 0. The molecule has 0 radical (unpaired) electrons. The number of diazo groups is 1. The fourth-order valence-electron chi connectivity index (χ4n) is 0.946. The van der Waals surface area contributed by atoms with Gasteiger partial charge < -0.3 is 10.1 Å². The minimum absolute atomic E-state index is 0.493. The first kappa shape index (κ1) is 9.23. The van der Waals surface area contributed by atoms with Crippen molar-refractivity contribution in [2.45, 2.75) is 11.6 Å². The summed E-state index contributed by atoms with van der Waals surface area (Å²) in [6, 6.07) is 0. The molecule has 1 atom stereocenters. The number of dihydropyridines is 1. The number of alkyl halides is 1. The number of nitrogens with zero attached hydrogens (tertiary/aromatic N) is 2. The van der Waals surface area contributed by atoms with Crippen LogP contribution in [0.25, 0.3) is 4.98 Å². The minimum Gasteiger partial charge on any atom is -0.351 e. The van der Waals surface area contributed by atoms with Crippen molar-refractivity contribution in [3.63, 3.8) is 0 Å². The van der Waals surface area contributed by atoms with Crippen molar-refractivity contribution in [2.24, 2.45) is 0 Å². The molecule has 1 aliphatic heterocycles. The molecule has 1 aliphatic rings. The molecule has 0 spiro atoms. The molecule has 12 heavy (non-hydrogen) atoms. The van der Waals surface area contributed by atoms with Crippen molar-refractivity contribution in [1.29, 1.82) is 5.39 Å². The predicted octanol–water partition coefficient (Wildman–Crippen LogP) is 1.93. The normalized spacial score (nSPS) is 28.2. The molecule has 0 aromatic rings. The number of allylic oxidation sites excluding steroid dienone is 1. The lowest BCUT2D eigenvalue weighted by molar-refractivity contribution is 0.0888. The Bertz CT molecular complexity index is 292. The summed E-state index contributed by atoms with van der Waals surface area (Å²) < 4.78 is 4.40. The Morgan fingerprint density at radius 3 is 2.92 bits per heavy atom. The van der Waals surface area contributed by atoms with E-state index in [1.807, 2.05) is 6.92 Å². The largest absolute Gasteiger partial charge is 0.391 e. The maximum atomic E-state index is 8.60. The molecular weight excluding hydrogens is 222 g/mol. The summed E-state index contributed by atoms with van der Waals surface area (Å²) in [6.07, 6.45) is 3.31. The van der Waals surface area contributed by atoms with Gasteiger partial charge in [-0.1, -0.05) is 0 Å². The summed E-state index contributed by atoms with van der Waals surface area (Å²) in [5, 5.41) is 11.5. The van der Waals surface area contributed by atoms with Crippen LogP contribution in [0, 0.1) is 5.39 Å². The minimum atomic E-state index is -0.747. The Morgan fingerprint density at radius 1 is 1.75 bits per heavy atom. The quantitative estimate of drug-likeness (QED) is 0.426. The molecule has 1 heterocycles. The second kappa shape index (κ2) is 3.25. The van der Waals surface area contributed by atoms with Gasteiger partial charge in [-0.3, -0.25) is 0 Å². The highest BCUT2D eigenvalue weighted by molar-refractivity contribution is 9.10. The van der Waals surface area contributed by atoms with Crippen LogP contribution in [0.4, 0.5) is 0 Å². The predicted molar refractivity (Wildman–Crippen MR) is 48.7 cm³/mol. The molecule has 1 N–H and O–H groups in total. The molecule has 0 saturated heterocycles. The number of methoxy groups -OCH3 is 1. The summed E-state index contributed by atoms with van der Waals surface area (Å²) in [4.78, 5) is 3.11. The molecular formula is C7H9BrN3O+. The molecule has 0 amide bonds. The average molecular weight is 231 g/mol. The van der Waals surface area contributed by atoms with Gasteiger partial charge in [-0.2, -0.15) is 0 Å². The van der Waals surface area contributed by atoms with Crippen molar-refractivity contribution < 1.29 is 4.74 Å².